The number of anilines is 2. The quantitative estimate of drug-likeness (QED) is 0.392. The maximum Gasteiger partial charge on any atom is 0.273 e. The van der Waals surface area contributed by atoms with Crippen molar-refractivity contribution in [1.82, 2.24) is 9.69 Å². The van der Waals surface area contributed by atoms with E-state index in [0.717, 1.165) is 6.42 Å². The summed E-state index contributed by atoms with van der Waals surface area (Å²) >= 11 is 6.74. The molecule has 1 atom stereocenters. The first-order valence-corrected chi connectivity index (χ1v) is 11.9. The van der Waals surface area contributed by atoms with Crippen LogP contribution in [0.5, 0.6) is 0 Å². The molecule has 3 aromatic rings. The number of nitrogens with two attached hydrogens (primary N) is 2. The number of carbonyl (C=O) groups is 3. The lowest BCUT2D eigenvalue weighted by molar-refractivity contribution is -0.122. The first kappa shape index (κ1) is 26.1. The Hall–Kier alpha value is -3.50. The van der Waals surface area contributed by atoms with Gasteiger partial charge in [0.1, 0.15) is 16.7 Å². The zero-order valence-corrected chi connectivity index (χ0v) is 20.7. The van der Waals surface area contributed by atoms with Crippen molar-refractivity contribution in [3.05, 3.63) is 75.5 Å². The molecule has 0 radical (unpaired) electrons. The van der Waals surface area contributed by atoms with Gasteiger partial charge in [0.05, 0.1) is 5.69 Å². The van der Waals surface area contributed by atoms with Gasteiger partial charge >= 0.3 is 0 Å². The number of nitrogens with zero attached hydrogens (tertiary/aromatic N) is 2. The molecule has 1 aromatic heterocycles. The van der Waals surface area contributed by atoms with Crippen LogP contribution in [0.1, 0.15) is 52.0 Å². The number of primary amides is 1. The molecular formula is C24H25ClFN5O3S. The van der Waals surface area contributed by atoms with Crippen molar-refractivity contribution in [3.8, 4) is 0 Å². The molecule has 3 amide bonds. The molecule has 1 unspecified atom stereocenters. The van der Waals surface area contributed by atoms with Crippen LogP contribution >= 0.6 is 23.1 Å². The summed E-state index contributed by atoms with van der Waals surface area (Å²) in [6, 6.07) is 10.4. The molecule has 2 aromatic carbocycles. The van der Waals surface area contributed by atoms with Crippen LogP contribution < -0.4 is 21.7 Å². The lowest BCUT2D eigenvalue weighted by Crippen LogP contribution is -2.44. The summed E-state index contributed by atoms with van der Waals surface area (Å²) in [4.78, 5) is 40.1. The van der Waals surface area contributed by atoms with Gasteiger partial charge in [-0.05, 0) is 65.8 Å². The molecule has 0 bridgehead atoms. The Morgan fingerprint density at radius 2 is 1.74 bits per heavy atom. The highest BCUT2D eigenvalue weighted by atomic mass is 35.5. The van der Waals surface area contributed by atoms with Crippen molar-refractivity contribution in [2.75, 3.05) is 17.2 Å². The van der Waals surface area contributed by atoms with Crippen LogP contribution in [0.3, 0.4) is 0 Å². The van der Waals surface area contributed by atoms with Gasteiger partial charge in [-0.1, -0.05) is 37.6 Å². The Labute approximate surface area is 211 Å². The Morgan fingerprint density at radius 3 is 2.29 bits per heavy atom. The fourth-order valence-electron chi connectivity index (χ4n) is 3.37. The third-order valence-electron chi connectivity index (χ3n) is 5.19. The fourth-order valence-corrected chi connectivity index (χ4v) is 4.24. The molecule has 184 valence electrons. The molecule has 8 nitrogen and oxygen atoms in total. The van der Waals surface area contributed by atoms with E-state index in [1.165, 1.54) is 29.2 Å². The topological polar surface area (TPSA) is 131 Å². The van der Waals surface area contributed by atoms with E-state index >= 15 is 0 Å². The molecule has 0 saturated carbocycles. The number of hydrogen-bond acceptors (Lipinski definition) is 6. The van der Waals surface area contributed by atoms with E-state index in [0.29, 0.717) is 34.6 Å². The minimum absolute atomic E-state index is 0.0722. The summed E-state index contributed by atoms with van der Waals surface area (Å²) in [5, 5.41) is 3.32. The third-order valence-corrected chi connectivity index (χ3v) is 6.30. The average molecular weight is 518 g/mol. The molecule has 0 fully saturated rings. The number of halogens is 2. The molecule has 11 heteroatoms. The minimum atomic E-state index is -1.16. The summed E-state index contributed by atoms with van der Waals surface area (Å²) in [6.45, 7) is 4.45. The summed E-state index contributed by atoms with van der Waals surface area (Å²) in [5.74, 6) is -2.20. The van der Waals surface area contributed by atoms with Crippen LogP contribution in [0.25, 0.3) is 0 Å². The number of hydrogen-bond donors (Lipinski definition) is 3. The van der Waals surface area contributed by atoms with Gasteiger partial charge in [0.15, 0.2) is 5.69 Å². The van der Waals surface area contributed by atoms with E-state index in [-0.39, 0.29) is 21.9 Å². The van der Waals surface area contributed by atoms with Gasteiger partial charge in [0, 0.05) is 17.3 Å². The fraction of sp³-hybridized carbons (Fsp3) is 0.250. The summed E-state index contributed by atoms with van der Waals surface area (Å²) < 4.78 is 17.6. The summed E-state index contributed by atoms with van der Waals surface area (Å²) in [5.41, 5.74) is 11.6. The van der Waals surface area contributed by atoms with Crippen molar-refractivity contribution >= 4 is 52.2 Å². The maximum absolute atomic E-state index is 13.8. The molecule has 0 aliphatic heterocycles. The number of amides is 3. The second-order valence-corrected chi connectivity index (χ2v) is 9.43. The first-order chi connectivity index (χ1) is 16.6. The van der Waals surface area contributed by atoms with Gasteiger partial charge in [-0.15, -0.1) is 0 Å². The van der Waals surface area contributed by atoms with E-state index in [9.17, 15) is 18.8 Å². The molecule has 0 saturated heterocycles. The molecule has 0 spiro atoms. The van der Waals surface area contributed by atoms with Crippen molar-refractivity contribution in [3.63, 3.8) is 0 Å². The van der Waals surface area contributed by atoms with Crippen LogP contribution in [0.15, 0.2) is 48.5 Å². The number of benzene rings is 2. The first-order valence-electron chi connectivity index (χ1n) is 10.8. The lowest BCUT2D eigenvalue weighted by Gasteiger charge is -2.31. The SMILES string of the molecule is CC(C)CCNC(=O)C(c1ccc(Cl)cc1)N(C(=O)c1snc(C(N)=O)c1N)c1ccc(F)cc1. The van der Waals surface area contributed by atoms with Crippen LogP contribution in [-0.2, 0) is 4.79 Å². The molecule has 0 aliphatic rings. The van der Waals surface area contributed by atoms with Crippen LogP contribution in [0, 0.1) is 11.7 Å². The van der Waals surface area contributed by atoms with Crippen molar-refractivity contribution < 1.29 is 18.8 Å². The Kier molecular flexibility index (Phi) is 8.42. The number of rotatable bonds is 9. The molecule has 1 heterocycles. The second-order valence-electron chi connectivity index (χ2n) is 8.22. The van der Waals surface area contributed by atoms with Crippen molar-refractivity contribution in [2.45, 2.75) is 26.3 Å². The zero-order valence-electron chi connectivity index (χ0n) is 19.1. The molecule has 3 rings (SSSR count). The van der Waals surface area contributed by atoms with Crippen molar-refractivity contribution in [2.24, 2.45) is 11.7 Å². The van der Waals surface area contributed by atoms with Crippen molar-refractivity contribution in [1.29, 1.82) is 0 Å². The monoisotopic (exact) mass is 517 g/mol. The number of nitrogen functional groups attached to an aromatic ring is 1. The summed E-state index contributed by atoms with van der Waals surface area (Å²) in [6.07, 6.45) is 0.730. The predicted molar refractivity (Wildman–Crippen MR) is 135 cm³/mol. The van der Waals surface area contributed by atoms with Gasteiger partial charge in [-0.25, -0.2) is 4.39 Å². The van der Waals surface area contributed by atoms with E-state index in [4.69, 9.17) is 23.1 Å². The predicted octanol–water partition coefficient (Wildman–Crippen LogP) is 4.17. The van der Waals surface area contributed by atoms with Gasteiger partial charge in [0.2, 0.25) is 5.91 Å². The van der Waals surface area contributed by atoms with E-state index in [1.807, 2.05) is 13.8 Å². The highest BCUT2D eigenvalue weighted by Crippen LogP contribution is 2.33. The smallest absolute Gasteiger partial charge is 0.273 e. The number of carbonyl (C=O) groups excluding carboxylic acids is 3. The van der Waals surface area contributed by atoms with Crippen LogP contribution in [0.2, 0.25) is 5.02 Å². The number of nitrogens with one attached hydrogen (secondary N) is 1. The average Bonchev–Trinajstić information content (AvgIpc) is 3.20. The lowest BCUT2D eigenvalue weighted by atomic mass is 10.0. The highest BCUT2D eigenvalue weighted by Gasteiger charge is 2.36. The van der Waals surface area contributed by atoms with E-state index < -0.39 is 29.6 Å². The standard InChI is InChI=1S/C24H25ClFN5O3S/c1-13(2)11-12-29-23(33)20(14-3-5-15(25)6-4-14)31(17-9-7-16(26)8-10-17)24(34)21-18(27)19(22(28)32)30-35-21/h3-10,13,20H,11-12,27H2,1-2H3,(H2,28,32)(H,29,33). The summed E-state index contributed by atoms with van der Waals surface area (Å²) in [7, 11) is 0. The van der Waals surface area contributed by atoms with E-state index in [1.54, 1.807) is 24.3 Å². The van der Waals surface area contributed by atoms with Gasteiger partial charge in [-0.2, -0.15) is 4.37 Å². The molecule has 35 heavy (non-hydrogen) atoms. The zero-order chi connectivity index (χ0) is 25.7. The van der Waals surface area contributed by atoms with Gasteiger partial charge in [0.25, 0.3) is 11.8 Å². The third kappa shape index (κ3) is 6.14. The maximum atomic E-state index is 13.8. The molecule has 5 N–H and O–H groups in total. The Morgan fingerprint density at radius 1 is 1.11 bits per heavy atom. The van der Waals surface area contributed by atoms with E-state index in [2.05, 4.69) is 9.69 Å². The Bertz CT molecular complexity index is 1210. The van der Waals surface area contributed by atoms with Crippen LogP contribution in [0.4, 0.5) is 15.8 Å². The largest absolute Gasteiger partial charge is 0.395 e. The highest BCUT2D eigenvalue weighted by molar-refractivity contribution is 7.09. The van der Waals surface area contributed by atoms with Gasteiger partial charge in [-0.3, -0.25) is 19.3 Å². The Balaban J connectivity index is 2.14. The normalized spacial score (nSPS) is 11.8. The molecular weight excluding hydrogens is 493 g/mol. The number of aromatic nitrogens is 1. The minimum Gasteiger partial charge on any atom is -0.395 e. The second kappa shape index (κ2) is 11.3. The molecule has 0 aliphatic carbocycles. The van der Waals surface area contributed by atoms with Crippen LogP contribution in [-0.4, -0.2) is 28.6 Å². The van der Waals surface area contributed by atoms with Gasteiger partial charge < -0.3 is 16.8 Å².